The summed E-state index contributed by atoms with van der Waals surface area (Å²) in [7, 11) is -1.66. The van der Waals surface area contributed by atoms with E-state index >= 15 is 0 Å². The summed E-state index contributed by atoms with van der Waals surface area (Å²) in [5, 5.41) is 3.21. The molecule has 0 aliphatic rings. The molecule has 13 heteroatoms. The number of hydrogen-bond donors (Lipinski definition) is 1. The number of methoxy groups -OCH3 is 2. The van der Waals surface area contributed by atoms with E-state index in [0.717, 1.165) is 16.4 Å². The maximum atomic E-state index is 14.0. The first-order chi connectivity index (χ1) is 19.4. The van der Waals surface area contributed by atoms with Gasteiger partial charge >= 0.3 is 0 Å². The normalized spacial score (nSPS) is 11.9. The zero-order chi connectivity index (χ0) is 30.3. The molecule has 0 fully saturated rings. The van der Waals surface area contributed by atoms with Crippen LogP contribution in [0.1, 0.15) is 19.4 Å². The lowest BCUT2D eigenvalue weighted by molar-refractivity contribution is -0.139. The number of nitrogens with one attached hydrogen (secondary N) is 1. The first-order valence-corrected chi connectivity index (χ1v) is 14.6. The number of amides is 2. The SMILES string of the molecule is CCNC(=O)C(C)N(Cc1c(Cl)cccc1Cl)C(=O)CN(c1ccc(F)cc1)S(=O)(=O)c1ccc(OC)c(OC)c1. The summed E-state index contributed by atoms with van der Waals surface area (Å²) in [6.45, 7) is 2.65. The fraction of sp³-hybridized carbons (Fsp3) is 0.286. The molecule has 3 aromatic carbocycles. The van der Waals surface area contributed by atoms with Crippen LogP contribution in [0.25, 0.3) is 0 Å². The van der Waals surface area contributed by atoms with E-state index in [0.29, 0.717) is 17.9 Å². The van der Waals surface area contributed by atoms with Crippen LogP contribution in [0.2, 0.25) is 10.0 Å². The van der Waals surface area contributed by atoms with Crippen LogP contribution >= 0.6 is 23.2 Å². The number of sulfonamides is 1. The topological polar surface area (TPSA) is 105 Å². The summed E-state index contributed by atoms with van der Waals surface area (Å²) in [5.74, 6) is -1.33. The first-order valence-electron chi connectivity index (χ1n) is 12.4. The van der Waals surface area contributed by atoms with Crippen molar-refractivity contribution in [3.63, 3.8) is 0 Å². The standard InChI is InChI=1S/C28H30Cl2FN3O6S/c1-5-32-28(36)18(2)33(16-22-23(29)7-6-8-24(22)30)27(35)17-34(20-11-9-19(31)10-12-20)41(37,38)21-13-14-25(39-3)26(15-21)40-4/h6-15,18H,5,16-17H2,1-4H3,(H,32,36). The van der Waals surface area contributed by atoms with Crippen molar-refractivity contribution in [3.05, 3.63) is 82.1 Å². The third-order valence-electron chi connectivity index (χ3n) is 6.24. The Balaban J connectivity index is 2.10. The molecule has 0 spiro atoms. The number of hydrogen-bond acceptors (Lipinski definition) is 6. The van der Waals surface area contributed by atoms with Gasteiger partial charge in [0.15, 0.2) is 11.5 Å². The van der Waals surface area contributed by atoms with E-state index in [2.05, 4.69) is 5.32 Å². The summed E-state index contributed by atoms with van der Waals surface area (Å²) in [6.07, 6.45) is 0. The highest BCUT2D eigenvalue weighted by atomic mass is 35.5. The number of nitrogens with zero attached hydrogens (tertiary/aromatic N) is 2. The minimum Gasteiger partial charge on any atom is -0.493 e. The highest BCUT2D eigenvalue weighted by Crippen LogP contribution is 2.33. The molecule has 0 bridgehead atoms. The number of rotatable bonds is 12. The summed E-state index contributed by atoms with van der Waals surface area (Å²) < 4.78 is 53.0. The number of ether oxygens (including phenoxy) is 2. The molecule has 0 radical (unpaired) electrons. The Kier molecular flexibility index (Phi) is 10.8. The average Bonchev–Trinajstić information content (AvgIpc) is 2.95. The van der Waals surface area contributed by atoms with Crippen molar-refractivity contribution in [2.24, 2.45) is 0 Å². The van der Waals surface area contributed by atoms with Gasteiger partial charge in [0.25, 0.3) is 10.0 Å². The average molecular weight is 627 g/mol. The fourth-order valence-corrected chi connectivity index (χ4v) is 5.95. The van der Waals surface area contributed by atoms with E-state index in [1.54, 1.807) is 25.1 Å². The number of anilines is 1. The Hall–Kier alpha value is -3.54. The molecule has 0 aromatic heterocycles. The molecule has 9 nitrogen and oxygen atoms in total. The largest absolute Gasteiger partial charge is 0.493 e. The third kappa shape index (κ3) is 7.41. The molecule has 220 valence electrons. The predicted molar refractivity (Wildman–Crippen MR) is 156 cm³/mol. The van der Waals surface area contributed by atoms with Gasteiger partial charge in [-0.2, -0.15) is 0 Å². The molecule has 0 aliphatic carbocycles. The summed E-state index contributed by atoms with van der Waals surface area (Å²) in [4.78, 5) is 27.7. The van der Waals surface area contributed by atoms with E-state index < -0.39 is 40.2 Å². The van der Waals surface area contributed by atoms with Crippen LogP contribution in [0.5, 0.6) is 11.5 Å². The summed E-state index contributed by atoms with van der Waals surface area (Å²) in [6, 6.07) is 12.4. The molecule has 0 aliphatic heterocycles. The van der Waals surface area contributed by atoms with Gasteiger partial charge < -0.3 is 19.7 Å². The van der Waals surface area contributed by atoms with Gasteiger partial charge in [0.1, 0.15) is 18.4 Å². The van der Waals surface area contributed by atoms with Crippen LogP contribution in [0.4, 0.5) is 10.1 Å². The van der Waals surface area contributed by atoms with Crippen LogP contribution in [0.15, 0.2) is 65.6 Å². The van der Waals surface area contributed by atoms with Crippen molar-refractivity contribution in [3.8, 4) is 11.5 Å². The lowest BCUT2D eigenvalue weighted by Gasteiger charge is -2.32. The van der Waals surface area contributed by atoms with Gasteiger partial charge in [-0.15, -0.1) is 0 Å². The molecular formula is C28H30Cl2FN3O6S. The van der Waals surface area contributed by atoms with Gasteiger partial charge in [0.2, 0.25) is 11.8 Å². The minimum atomic E-state index is -4.42. The predicted octanol–water partition coefficient (Wildman–Crippen LogP) is 4.90. The van der Waals surface area contributed by atoms with E-state index in [1.165, 1.54) is 56.4 Å². The van der Waals surface area contributed by atoms with Gasteiger partial charge in [-0.05, 0) is 62.4 Å². The smallest absolute Gasteiger partial charge is 0.264 e. The highest BCUT2D eigenvalue weighted by Gasteiger charge is 2.33. The Morgan fingerprint density at radius 1 is 0.976 bits per heavy atom. The van der Waals surface area contributed by atoms with E-state index in [1.807, 2.05) is 0 Å². The summed E-state index contributed by atoms with van der Waals surface area (Å²) >= 11 is 12.7. The Bertz CT molecular complexity index is 1480. The lowest BCUT2D eigenvalue weighted by atomic mass is 10.1. The van der Waals surface area contributed by atoms with Crippen molar-refractivity contribution in [1.82, 2.24) is 10.2 Å². The van der Waals surface area contributed by atoms with Crippen LogP contribution in [-0.4, -0.2) is 58.5 Å². The zero-order valence-corrected chi connectivity index (χ0v) is 25.2. The molecule has 3 rings (SSSR count). The zero-order valence-electron chi connectivity index (χ0n) is 22.9. The monoisotopic (exact) mass is 625 g/mol. The third-order valence-corrected chi connectivity index (χ3v) is 8.72. The van der Waals surface area contributed by atoms with Crippen LogP contribution in [-0.2, 0) is 26.2 Å². The fourth-order valence-electron chi connectivity index (χ4n) is 4.00. The van der Waals surface area contributed by atoms with Crippen LogP contribution in [0.3, 0.4) is 0 Å². The second-order valence-corrected chi connectivity index (χ2v) is 11.5. The molecule has 0 saturated heterocycles. The van der Waals surface area contributed by atoms with Gasteiger partial charge in [-0.1, -0.05) is 29.3 Å². The molecular weight excluding hydrogens is 596 g/mol. The molecule has 3 aromatic rings. The molecule has 1 N–H and O–H groups in total. The minimum absolute atomic E-state index is 0.0240. The van der Waals surface area contributed by atoms with Crippen molar-refractivity contribution in [2.45, 2.75) is 31.3 Å². The van der Waals surface area contributed by atoms with Gasteiger partial charge in [0.05, 0.1) is 24.8 Å². The Morgan fingerprint density at radius 2 is 1.59 bits per heavy atom. The van der Waals surface area contributed by atoms with E-state index in [-0.39, 0.29) is 32.9 Å². The number of halogens is 3. The second kappa shape index (κ2) is 13.9. The van der Waals surface area contributed by atoms with Crippen molar-refractivity contribution in [1.29, 1.82) is 0 Å². The number of benzene rings is 3. The van der Waals surface area contributed by atoms with Gasteiger partial charge in [-0.3, -0.25) is 13.9 Å². The van der Waals surface area contributed by atoms with Gasteiger partial charge in [-0.25, -0.2) is 12.8 Å². The van der Waals surface area contributed by atoms with E-state index in [4.69, 9.17) is 32.7 Å². The summed E-state index contributed by atoms with van der Waals surface area (Å²) in [5.41, 5.74) is 0.410. The molecule has 41 heavy (non-hydrogen) atoms. The number of carbonyl (C=O) groups excluding carboxylic acids is 2. The Labute approximate surface area is 248 Å². The first kappa shape index (κ1) is 32.0. The maximum absolute atomic E-state index is 14.0. The molecule has 2 amide bonds. The molecule has 1 unspecified atom stereocenters. The molecule has 0 saturated carbocycles. The van der Waals surface area contributed by atoms with Crippen molar-refractivity contribution >= 4 is 50.7 Å². The lowest BCUT2D eigenvalue weighted by Crippen LogP contribution is -2.51. The molecule has 1 atom stereocenters. The van der Waals surface area contributed by atoms with Crippen molar-refractivity contribution < 1.29 is 31.9 Å². The Morgan fingerprint density at radius 3 is 2.15 bits per heavy atom. The molecule has 0 heterocycles. The quantitative estimate of drug-likeness (QED) is 0.307. The maximum Gasteiger partial charge on any atom is 0.264 e. The highest BCUT2D eigenvalue weighted by molar-refractivity contribution is 7.92. The van der Waals surface area contributed by atoms with Crippen molar-refractivity contribution in [2.75, 3.05) is 31.6 Å². The number of carbonyl (C=O) groups is 2. The van der Waals surface area contributed by atoms with Crippen LogP contribution < -0.4 is 19.1 Å². The number of likely N-dealkylation sites (N-methyl/N-ethyl adjacent to an activating group) is 1. The van der Waals surface area contributed by atoms with E-state index in [9.17, 15) is 22.4 Å². The second-order valence-electron chi connectivity index (χ2n) is 8.80. The van der Waals surface area contributed by atoms with Crippen LogP contribution in [0, 0.1) is 5.82 Å². The van der Waals surface area contributed by atoms with Gasteiger partial charge in [0, 0.05) is 34.8 Å².